The van der Waals surface area contributed by atoms with Gasteiger partial charge in [0.15, 0.2) is 0 Å². The van der Waals surface area contributed by atoms with E-state index >= 15 is 0 Å². The molecule has 0 unspecified atom stereocenters. The molecular weight excluding hydrogens is 359 g/mol. The minimum absolute atomic E-state index is 0.115. The third-order valence-electron chi connectivity index (χ3n) is 3.05. The molecule has 2 aromatic heterocycles. The lowest BCUT2D eigenvalue weighted by Gasteiger charge is -2.03. The van der Waals surface area contributed by atoms with E-state index in [1.807, 2.05) is 13.0 Å². The summed E-state index contributed by atoms with van der Waals surface area (Å²) in [6.45, 7) is 1.84. The van der Waals surface area contributed by atoms with Crippen molar-refractivity contribution in [2.45, 2.75) is 12.1 Å². The number of thioether (sulfide) groups is 1. The zero-order valence-corrected chi connectivity index (χ0v) is 14.5. The molecule has 0 saturated carbocycles. The predicted octanol–water partition coefficient (Wildman–Crippen LogP) is 3.02. The van der Waals surface area contributed by atoms with Gasteiger partial charge in [0.25, 0.3) is 0 Å². The zero-order valence-electron chi connectivity index (χ0n) is 13.7. The molecule has 0 atom stereocenters. The fraction of sp³-hybridized carbons (Fsp3) is 0.125. The summed E-state index contributed by atoms with van der Waals surface area (Å²) in [5.41, 5.74) is 3.21. The van der Waals surface area contributed by atoms with Crippen molar-refractivity contribution >= 4 is 35.5 Å². The van der Waals surface area contributed by atoms with Gasteiger partial charge in [-0.3, -0.25) is 4.79 Å². The maximum atomic E-state index is 12.8. The molecule has 0 spiro atoms. The Morgan fingerprint density at radius 2 is 2.15 bits per heavy atom. The Bertz CT molecular complexity index is 906. The van der Waals surface area contributed by atoms with E-state index in [4.69, 9.17) is 4.42 Å². The first-order chi connectivity index (χ1) is 12.6. The number of hydrogen-bond donors (Lipinski definition) is 3. The Morgan fingerprint density at radius 3 is 2.88 bits per heavy atom. The van der Waals surface area contributed by atoms with Gasteiger partial charge in [0.05, 0.1) is 12.0 Å². The number of amides is 1. The Morgan fingerprint density at radius 1 is 1.35 bits per heavy atom. The summed E-state index contributed by atoms with van der Waals surface area (Å²) in [7, 11) is 0. The average Bonchev–Trinajstić information content (AvgIpc) is 3.24. The van der Waals surface area contributed by atoms with E-state index in [0.29, 0.717) is 22.6 Å². The number of aromatic nitrogens is 3. The molecule has 0 fully saturated rings. The van der Waals surface area contributed by atoms with Crippen LogP contribution < -0.4 is 10.7 Å². The van der Waals surface area contributed by atoms with Crippen LogP contribution in [-0.2, 0) is 4.79 Å². The number of nitrogens with zero attached hydrogens (tertiary/aromatic N) is 3. The Balaban J connectivity index is 1.45. The third kappa shape index (κ3) is 5.18. The van der Waals surface area contributed by atoms with Gasteiger partial charge in [-0.05, 0) is 43.3 Å². The van der Waals surface area contributed by atoms with E-state index in [9.17, 15) is 9.18 Å². The third-order valence-corrected chi connectivity index (χ3v) is 3.90. The monoisotopic (exact) mass is 374 g/mol. The van der Waals surface area contributed by atoms with E-state index in [1.165, 1.54) is 30.5 Å². The molecule has 134 valence electrons. The number of aryl methyl sites for hydroxylation is 1. The molecule has 0 saturated heterocycles. The van der Waals surface area contributed by atoms with Crippen molar-refractivity contribution in [2.24, 2.45) is 5.10 Å². The highest BCUT2D eigenvalue weighted by Gasteiger charge is 2.08. The van der Waals surface area contributed by atoms with Crippen LogP contribution in [0.25, 0.3) is 0 Å². The minimum Gasteiger partial charge on any atom is -0.460 e. The summed E-state index contributed by atoms with van der Waals surface area (Å²) in [5, 5.41) is 13.7. The van der Waals surface area contributed by atoms with Gasteiger partial charge in [0.2, 0.25) is 17.0 Å². The van der Waals surface area contributed by atoms with Crippen LogP contribution in [0.15, 0.2) is 51.1 Å². The predicted molar refractivity (Wildman–Crippen MR) is 96.8 cm³/mol. The highest BCUT2D eigenvalue weighted by molar-refractivity contribution is 7.99. The molecule has 10 heteroatoms. The Hall–Kier alpha value is -3.14. The summed E-state index contributed by atoms with van der Waals surface area (Å²) >= 11 is 1.15. The number of aromatic amines is 1. The van der Waals surface area contributed by atoms with E-state index in [0.717, 1.165) is 17.5 Å². The number of carbonyl (C=O) groups excluding carboxylic acids is 1. The van der Waals surface area contributed by atoms with Gasteiger partial charge in [0.1, 0.15) is 17.3 Å². The van der Waals surface area contributed by atoms with Crippen molar-refractivity contribution < 1.29 is 13.6 Å². The summed E-state index contributed by atoms with van der Waals surface area (Å²) in [5.74, 6) is 1.26. The zero-order chi connectivity index (χ0) is 18.4. The summed E-state index contributed by atoms with van der Waals surface area (Å²) in [4.78, 5) is 16.0. The molecule has 1 aromatic carbocycles. The standard InChI is InChI=1S/C16H15FN6O2S/c1-10-2-7-13(25-10)8-18-21-15-20-16(23-22-15)26-9-14(24)19-12-5-3-11(17)4-6-12/h2-8H,9H2,1H3,(H,19,24)(H2,20,21,22,23)/b18-8+. The molecule has 3 rings (SSSR count). The minimum atomic E-state index is -0.358. The topological polar surface area (TPSA) is 108 Å². The quantitative estimate of drug-likeness (QED) is 0.333. The molecule has 2 heterocycles. The van der Waals surface area contributed by atoms with Crippen LogP contribution in [0.5, 0.6) is 0 Å². The van der Waals surface area contributed by atoms with Crippen LogP contribution in [0, 0.1) is 12.7 Å². The van der Waals surface area contributed by atoms with Gasteiger partial charge < -0.3 is 9.73 Å². The largest absolute Gasteiger partial charge is 0.460 e. The number of hydrogen-bond acceptors (Lipinski definition) is 7. The fourth-order valence-corrected chi connectivity index (χ4v) is 2.50. The summed E-state index contributed by atoms with van der Waals surface area (Å²) in [6.07, 6.45) is 1.51. The van der Waals surface area contributed by atoms with Crippen LogP contribution >= 0.6 is 11.8 Å². The Kier molecular flexibility index (Phi) is 5.64. The van der Waals surface area contributed by atoms with Crippen LogP contribution in [0.1, 0.15) is 11.5 Å². The molecule has 3 N–H and O–H groups in total. The second-order valence-corrected chi connectivity index (χ2v) is 6.07. The smallest absolute Gasteiger partial charge is 0.240 e. The van der Waals surface area contributed by atoms with Crippen molar-refractivity contribution in [3.8, 4) is 0 Å². The lowest BCUT2D eigenvalue weighted by atomic mass is 10.3. The molecule has 1 amide bonds. The van der Waals surface area contributed by atoms with Gasteiger partial charge in [-0.1, -0.05) is 11.8 Å². The number of H-pyrrole nitrogens is 1. The number of carbonyl (C=O) groups is 1. The fourth-order valence-electron chi connectivity index (χ4n) is 1.90. The lowest BCUT2D eigenvalue weighted by Crippen LogP contribution is -2.14. The molecule has 8 nitrogen and oxygen atoms in total. The number of rotatable bonds is 7. The molecule has 0 aliphatic carbocycles. The van der Waals surface area contributed by atoms with Crippen LogP contribution in [-0.4, -0.2) is 33.1 Å². The maximum absolute atomic E-state index is 12.8. The SMILES string of the molecule is Cc1ccc(/C=N/Nc2nc(SCC(=O)Nc3ccc(F)cc3)n[nH]2)o1. The first-order valence-corrected chi connectivity index (χ1v) is 8.53. The maximum Gasteiger partial charge on any atom is 0.240 e. The highest BCUT2D eigenvalue weighted by atomic mass is 32.2. The Labute approximate surface area is 152 Å². The van der Waals surface area contributed by atoms with Crippen LogP contribution in [0.3, 0.4) is 0 Å². The van der Waals surface area contributed by atoms with Crippen LogP contribution in [0.2, 0.25) is 0 Å². The molecule has 26 heavy (non-hydrogen) atoms. The van der Waals surface area contributed by atoms with Crippen molar-refractivity contribution in [3.05, 3.63) is 53.7 Å². The van der Waals surface area contributed by atoms with Crippen molar-refractivity contribution in [1.82, 2.24) is 15.2 Å². The molecular formula is C16H15FN6O2S. The first-order valence-electron chi connectivity index (χ1n) is 7.54. The van der Waals surface area contributed by atoms with E-state index in [-0.39, 0.29) is 17.5 Å². The number of nitrogens with one attached hydrogen (secondary N) is 3. The van der Waals surface area contributed by atoms with Crippen molar-refractivity contribution in [3.63, 3.8) is 0 Å². The van der Waals surface area contributed by atoms with E-state index < -0.39 is 0 Å². The number of benzene rings is 1. The lowest BCUT2D eigenvalue weighted by molar-refractivity contribution is -0.113. The summed E-state index contributed by atoms with van der Waals surface area (Å²) < 4.78 is 18.2. The van der Waals surface area contributed by atoms with Crippen molar-refractivity contribution in [2.75, 3.05) is 16.5 Å². The second kappa shape index (κ2) is 8.30. The van der Waals surface area contributed by atoms with Gasteiger partial charge in [0, 0.05) is 5.69 Å². The van der Waals surface area contributed by atoms with E-state index in [2.05, 4.69) is 31.0 Å². The van der Waals surface area contributed by atoms with Gasteiger partial charge in [-0.2, -0.15) is 10.1 Å². The summed E-state index contributed by atoms with van der Waals surface area (Å²) in [6, 6.07) is 9.17. The number of halogens is 1. The normalized spacial score (nSPS) is 11.0. The molecule has 0 aliphatic heterocycles. The molecule has 0 aliphatic rings. The second-order valence-electron chi connectivity index (χ2n) is 5.13. The average molecular weight is 374 g/mol. The van der Waals surface area contributed by atoms with E-state index in [1.54, 1.807) is 6.07 Å². The molecule has 0 bridgehead atoms. The number of furan rings is 1. The van der Waals surface area contributed by atoms with Crippen LogP contribution in [0.4, 0.5) is 16.0 Å². The van der Waals surface area contributed by atoms with Gasteiger partial charge in [-0.25, -0.2) is 14.9 Å². The molecule has 0 radical (unpaired) electrons. The van der Waals surface area contributed by atoms with Crippen molar-refractivity contribution in [1.29, 1.82) is 0 Å². The number of anilines is 2. The number of hydrazone groups is 1. The first kappa shape index (κ1) is 17.7. The van der Waals surface area contributed by atoms with Gasteiger partial charge >= 0.3 is 0 Å². The highest BCUT2D eigenvalue weighted by Crippen LogP contribution is 2.15. The molecule has 3 aromatic rings. The van der Waals surface area contributed by atoms with Gasteiger partial charge in [-0.15, -0.1) is 5.10 Å².